The summed E-state index contributed by atoms with van der Waals surface area (Å²) in [6.45, 7) is 4.69. The summed E-state index contributed by atoms with van der Waals surface area (Å²) in [4.78, 5) is 0. The maximum absolute atomic E-state index is 3.90. The smallest absolute Gasteiger partial charge is 0.00699 e. The third-order valence-corrected chi connectivity index (χ3v) is 5.72. The average Bonchev–Trinajstić information content (AvgIpc) is 2.86. The molecular weight excluding hydrogens is 230 g/mol. The monoisotopic (exact) mass is 265 g/mol. The molecule has 0 aliphatic heterocycles. The molecule has 0 heterocycles. The Hall–Kier alpha value is -0.0400. The third kappa shape index (κ3) is 4.77. The van der Waals surface area contributed by atoms with Gasteiger partial charge in [-0.2, -0.15) is 0 Å². The summed E-state index contributed by atoms with van der Waals surface area (Å²) in [6, 6.07) is 1.56. The molecule has 1 N–H and O–H groups in total. The number of hydrogen-bond donors (Lipinski definition) is 1. The number of hydrogen-bond acceptors (Lipinski definition) is 1. The van der Waals surface area contributed by atoms with Gasteiger partial charge in [0.05, 0.1) is 0 Å². The van der Waals surface area contributed by atoms with Crippen LogP contribution in [0.1, 0.15) is 97.3 Å². The maximum Gasteiger partial charge on any atom is 0.00699 e. The van der Waals surface area contributed by atoms with Gasteiger partial charge in [-0.1, -0.05) is 45.4 Å². The molecule has 2 aliphatic rings. The van der Waals surface area contributed by atoms with Crippen molar-refractivity contribution in [3.63, 3.8) is 0 Å². The van der Waals surface area contributed by atoms with Gasteiger partial charge in [-0.3, -0.25) is 0 Å². The molecule has 0 saturated heterocycles. The second-order valence-electron chi connectivity index (χ2n) is 7.40. The lowest BCUT2D eigenvalue weighted by atomic mass is 9.71. The van der Waals surface area contributed by atoms with E-state index in [4.69, 9.17) is 0 Å². The van der Waals surface area contributed by atoms with Crippen molar-refractivity contribution in [2.45, 2.75) is 109 Å². The van der Waals surface area contributed by atoms with Crippen molar-refractivity contribution in [2.24, 2.45) is 5.41 Å². The molecule has 19 heavy (non-hydrogen) atoms. The maximum atomic E-state index is 3.90. The molecule has 1 nitrogen and oxygen atoms in total. The van der Waals surface area contributed by atoms with E-state index in [1.54, 1.807) is 0 Å². The highest BCUT2D eigenvalue weighted by Crippen LogP contribution is 2.48. The first-order valence-corrected chi connectivity index (χ1v) is 9.00. The van der Waals surface area contributed by atoms with E-state index < -0.39 is 0 Å². The average molecular weight is 265 g/mol. The Labute approximate surface area is 120 Å². The lowest BCUT2D eigenvalue weighted by molar-refractivity contribution is 0.162. The summed E-state index contributed by atoms with van der Waals surface area (Å²) in [5, 5.41) is 3.90. The zero-order valence-electron chi connectivity index (χ0n) is 13.3. The summed E-state index contributed by atoms with van der Waals surface area (Å²) >= 11 is 0. The predicted octanol–water partition coefficient (Wildman–Crippen LogP) is 5.44. The van der Waals surface area contributed by atoms with Crippen molar-refractivity contribution < 1.29 is 0 Å². The number of nitrogens with one attached hydrogen (secondary N) is 1. The van der Waals surface area contributed by atoms with Crippen molar-refractivity contribution in [1.82, 2.24) is 5.32 Å². The van der Waals surface area contributed by atoms with Crippen LogP contribution in [0.15, 0.2) is 0 Å². The van der Waals surface area contributed by atoms with Crippen molar-refractivity contribution in [1.29, 1.82) is 0 Å². The van der Waals surface area contributed by atoms with Gasteiger partial charge < -0.3 is 5.32 Å². The molecule has 2 rings (SSSR count). The van der Waals surface area contributed by atoms with E-state index >= 15 is 0 Å². The molecule has 1 spiro atoms. The van der Waals surface area contributed by atoms with Crippen LogP contribution >= 0.6 is 0 Å². The van der Waals surface area contributed by atoms with Crippen LogP contribution in [0.5, 0.6) is 0 Å². The third-order valence-electron chi connectivity index (χ3n) is 5.72. The Bertz CT molecular complexity index is 232. The van der Waals surface area contributed by atoms with Crippen LogP contribution in [0, 0.1) is 5.41 Å². The molecule has 0 radical (unpaired) electrons. The fourth-order valence-corrected chi connectivity index (χ4v) is 4.38. The molecule has 0 amide bonds. The Balaban J connectivity index is 1.59. The van der Waals surface area contributed by atoms with Crippen molar-refractivity contribution in [3.05, 3.63) is 0 Å². The van der Waals surface area contributed by atoms with Gasteiger partial charge in [0.15, 0.2) is 0 Å². The van der Waals surface area contributed by atoms with Gasteiger partial charge in [0.1, 0.15) is 0 Å². The van der Waals surface area contributed by atoms with Crippen LogP contribution in [0.25, 0.3) is 0 Å². The molecule has 0 aromatic heterocycles. The standard InChI is InChI=1S/C18H35N/c1-3-4-5-6-9-16(2)19-17-10-14-18(15-11-17)12-7-8-13-18/h16-17,19H,3-15H2,1-2H3. The summed E-state index contributed by atoms with van der Waals surface area (Å²) in [6.07, 6.45) is 19.0. The van der Waals surface area contributed by atoms with Crippen LogP contribution < -0.4 is 5.32 Å². The molecule has 2 aliphatic carbocycles. The molecule has 1 heteroatoms. The molecular formula is C18H35N. The fraction of sp³-hybridized carbons (Fsp3) is 1.00. The Kier molecular flexibility index (Phi) is 6.19. The number of unbranched alkanes of at least 4 members (excludes halogenated alkanes) is 3. The van der Waals surface area contributed by atoms with Crippen LogP contribution in [-0.2, 0) is 0 Å². The second kappa shape index (κ2) is 7.67. The Morgan fingerprint density at radius 3 is 2.32 bits per heavy atom. The fourth-order valence-electron chi connectivity index (χ4n) is 4.38. The Morgan fingerprint density at radius 2 is 1.68 bits per heavy atom. The molecule has 0 aromatic carbocycles. The van der Waals surface area contributed by atoms with E-state index in [1.165, 1.54) is 83.5 Å². The molecule has 1 unspecified atom stereocenters. The predicted molar refractivity (Wildman–Crippen MR) is 84.5 cm³/mol. The van der Waals surface area contributed by atoms with Gasteiger partial charge in [0, 0.05) is 12.1 Å². The summed E-state index contributed by atoms with van der Waals surface area (Å²) in [5.74, 6) is 0. The highest BCUT2D eigenvalue weighted by atomic mass is 14.9. The molecule has 2 fully saturated rings. The van der Waals surface area contributed by atoms with Gasteiger partial charge in [-0.15, -0.1) is 0 Å². The SMILES string of the molecule is CCCCCCC(C)NC1CCC2(CCCC2)CC1. The van der Waals surface area contributed by atoms with E-state index in [2.05, 4.69) is 19.2 Å². The minimum absolute atomic E-state index is 0.736. The van der Waals surface area contributed by atoms with Crippen LogP contribution in [0.2, 0.25) is 0 Å². The van der Waals surface area contributed by atoms with Crippen molar-refractivity contribution in [3.8, 4) is 0 Å². The zero-order chi connectivity index (χ0) is 13.6. The van der Waals surface area contributed by atoms with E-state index in [9.17, 15) is 0 Å². The van der Waals surface area contributed by atoms with Gasteiger partial charge in [-0.25, -0.2) is 0 Å². The summed E-state index contributed by atoms with van der Waals surface area (Å²) in [7, 11) is 0. The van der Waals surface area contributed by atoms with Crippen molar-refractivity contribution in [2.75, 3.05) is 0 Å². The van der Waals surface area contributed by atoms with Crippen molar-refractivity contribution >= 4 is 0 Å². The quantitative estimate of drug-likeness (QED) is 0.605. The highest BCUT2D eigenvalue weighted by molar-refractivity contribution is 4.91. The topological polar surface area (TPSA) is 12.0 Å². The first kappa shape index (κ1) is 15.4. The first-order valence-electron chi connectivity index (χ1n) is 9.00. The van der Waals surface area contributed by atoms with E-state index in [-0.39, 0.29) is 0 Å². The van der Waals surface area contributed by atoms with E-state index in [1.807, 2.05) is 0 Å². The van der Waals surface area contributed by atoms with Crippen LogP contribution in [0.4, 0.5) is 0 Å². The minimum Gasteiger partial charge on any atom is -0.312 e. The zero-order valence-corrected chi connectivity index (χ0v) is 13.3. The highest BCUT2D eigenvalue weighted by Gasteiger charge is 2.37. The molecule has 1 atom stereocenters. The van der Waals surface area contributed by atoms with Crippen LogP contribution in [0.3, 0.4) is 0 Å². The lowest BCUT2D eigenvalue weighted by Gasteiger charge is -2.38. The minimum atomic E-state index is 0.736. The first-order chi connectivity index (χ1) is 9.24. The summed E-state index contributed by atoms with van der Waals surface area (Å²) < 4.78 is 0. The molecule has 112 valence electrons. The Morgan fingerprint density at radius 1 is 1.00 bits per heavy atom. The molecule has 2 saturated carbocycles. The lowest BCUT2D eigenvalue weighted by Crippen LogP contribution is -2.41. The van der Waals surface area contributed by atoms with Gasteiger partial charge in [0.2, 0.25) is 0 Å². The van der Waals surface area contributed by atoms with Gasteiger partial charge in [-0.05, 0) is 57.3 Å². The molecule has 0 aromatic rings. The van der Waals surface area contributed by atoms with E-state index in [0.29, 0.717) is 0 Å². The van der Waals surface area contributed by atoms with E-state index in [0.717, 1.165) is 17.5 Å². The number of rotatable bonds is 7. The normalized spacial score (nSPS) is 24.9. The van der Waals surface area contributed by atoms with Gasteiger partial charge in [0.25, 0.3) is 0 Å². The van der Waals surface area contributed by atoms with Crippen LogP contribution in [-0.4, -0.2) is 12.1 Å². The largest absolute Gasteiger partial charge is 0.312 e. The second-order valence-corrected chi connectivity index (χ2v) is 7.40. The molecule has 0 bridgehead atoms. The summed E-state index contributed by atoms with van der Waals surface area (Å²) in [5.41, 5.74) is 0.794. The van der Waals surface area contributed by atoms with Gasteiger partial charge >= 0.3 is 0 Å².